The van der Waals surface area contributed by atoms with Crippen molar-refractivity contribution in [2.45, 2.75) is 25.3 Å². The first-order chi connectivity index (χ1) is 9.40. The van der Waals surface area contributed by atoms with Crippen LogP contribution in [0.15, 0.2) is 36.7 Å². The Kier molecular flexibility index (Phi) is 2.57. The van der Waals surface area contributed by atoms with Gasteiger partial charge in [0.15, 0.2) is 0 Å². The van der Waals surface area contributed by atoms with E-state index in [9.17, 15) is 0 Å². The van der Waals surface area contributed by atoms with Crippen molar-refractivity contribution in [1.29, 1.82) is 0 Å². The molecule has 3 atom stereocenters. The number of aromatic nitrogens is 1. The molecule has 0 bridgehead atoms. The van der Waals surface area contributed by atoms with Crippen molar-refractivity contribution in [1.82, 2.24) is 10.4 Å². The van der Waals surface area contributed by atoms with Crippen LogP contribution in [0.3, 0.4) is 0 Å². The Balaban J connectivity index is 1.76. The Labute approximate surface area is 113 Å². The van der Waals surface area contributed by atoms with Crippen LogP contribution in [0.5, 0.6) is 0 Å². The number of fused-ring (bicyclic) bond motifs is 2. The third-order valence-electron chi connectivity index (χ3n) is 5.09. The molecule has 98 valence electrons. The predicted molar refractivity (Wildman–Crippen MR) is 76.1 cm³/mol. The summed E-state index contributed by atoms with van der Waals surface area (Å²) in [6.07, 6.45) is 7.99. The standard InChI is InChI=1S/C16H19N3/c17-19-16(15-11-4-2-5-12(11)15)13-6-1-3-10-7-8-18-9-14(10)13/h1,3,6-9,11-12,15-16,19H,2,4-5,17H2. The van der Waals surface area contributed by atoms with Crippen LogP contribution in [0.4, 0.5) is 0 Å². The molecular weight excluding hydrogens is 234 g/mol. The molecule has 1 aromatic heterocycles. The van der Waals surface area contributed by atoms with Gasteiger partial charge in [-0.05, 0) is 47.6 Å². The first-order valence-electron chi connectivity index (χ1n) is 7.19. The van der Waals surface area contributed by atoms with E-state index in [0.29, 0.717) is 0 Å². The van der Waals surface area contributed by atoms with Gasteiger partial charge in [0.2, 0.25) is 0 Å². The quantitative estimate of drug-likeness (QED) is 0.653. The highest BCUT2D eigenvalue weighted by Crippen LogP contribution is 2.62. The lowest BCUT2D eigenvalue weighted by Gasteiger charge is -2.20. The number of nitrogens with zero attached hydrogens (tertiary/aromatic N) is 1. The second-order valence-electron chi connectivity index (χ2n) is 5.92. The lowest BCUT2D eigenvalue weighted by atomic mass is 9.94. The molecule has 3 N–H and O–H groups in total. The van der Waals surface area contributed by atoms with Gasteiger partial charge >= 0.3 is 0 Å². The molecule has 2 fully saturated rings. The fourth-order valence-corrected chi connectivity index (χ4v) is 4.19. The zero-order chi connectivity index (χ0) is 12.8. The van der Waals surface area contributed by atoms with Gasteiger partial charge in [-0.2, -0.15) is 0 Å². The van der Waals surface area contributed by atoms with Gasteiger partial charge in [-0.3, -0.25) is 16.3 Å². The molecule has 4 rings (SSSR count). The first kappa shape index (κ1) is 11.4. The molecule has 0 spiro atoms. The highest BCUT2D eigenvalue weighted by atomic mass is 15.2. The molecule has 2 saturated carbocycles. The van der Waals surface area contributed by atoms with Gasteiger partial charge in [-0.1, -0.05) is 24.6 Å². The maximum atomic E-state index is 5.87. The molecule has 3 unspecified atom stereocenters. The highest BCUT2D eigenvalue weighted by Gasteiger charge is 2.56. The maximum Gasteiger partial charge on any atom is 0.0500 e. The Morgan fingerprint density at radius 3 is 2.84 bits per heavy atom. The number of pyridine rings is 1. The van der Waals surface area contributed by atoms with Crippen molar-refractivity contribution < 1.29 is 0 Å². The molecule has 0 radical (unpaired) electrons. The molecule has 1 aromatic carbocycles. The molecule has 0 amide bonds. The minimum Gasteiger partial charge on any atom is -0.271 e. The van der Waals surface area contributed by atoms with Gasteiger partial charge in [0.05, 0.1) is 0 Å². The summed E-state index contributed by atoms with van der Waals surface area (Å²) in [5.74, 6) is 8.39. The van der Waals surface area contributed by atoms with Crippen molar-refractivity contribution in [3.8, 4) is 0 Å². The van der Waals surface area contributed by atoms with Gasteiger partial charge in [0.25, 0.3) is 0 Å². The summed E-state index contributed by atoms with van der Waals surface area (Å²) < 4.78 is 0. The average molecular weight is 253 g/mol. The minimum atomic E-state index is 0.281. The van der Waals surface area contributed by atoms with E-state index in [2.05, 4.69) is 34.7 Å². The van der Waals surface area contributed by atoms with E-state index >= 15 is 0 Å². The van der Waals surface area contributed by atoms with Gasteiger partial charge in [-0.25, -0.2) is 0 Å². The second kappa shape index (κ2) is 4.29. The van der Waals surface area contributed by atoms with E-state index in [-0.39, 0.29) is 6.04 Å². The number of rotatable bonds is 3. The van der Waals surface area contributed by atoms with Crippen LogP contribution in [0.25, 0.3) is 10.8 Å². The summed E-state index contributed by atoms with van der Waals surface area (Å²) in [5.41, 5.74) is 4.39. The van der Waals surface area contributed by atoms with Crippen molar-refractivity contribution >= 4 is 10.8 Å². The second-order valence-corrected chi connectivity index (χ2v) is 5.92. The molecule has 2 aromatic rings. The Hall–Kier alpha value is -1.45. The van der Waals surface area contributed by atoms with E-state index in [1.807, 2.05) is 12.4 Å². The smallest absolute Gasteiger partial charge is 0.0500 e. The van der Waals surface area contributed by atoms with Crippen LogP contribution in [-0.2, 0) is 0 Å². The van der Waals surface area contributed by atoms with Crippen LogP contribution in [-0.4, -0.2) is 4.98 Å². The van der Waals surface area contributed by atoms with E-state index < -0.39 is 0 Å². The monoisotopic (exact) mass is 253 g/mol. The van der Waals surface area contributed by atoms with Crippen molar-refractivity contribution in [2.75, 3.05) is 0 Å². The summed E-state index contributed by atoms with van der Waals surface area (Å²) in [6, 6.07) is 8.81. The zero-order valence-electron chi connectivity index (χ0n) is 10.9. The zero-order valence-corrected chi connectivity index (χ0v) is 10.9. The molecule has 0 aliphatic heterocycles. The Morgan fingerprint density at radius 2 is 2.05 bits per heavy atom. The molecule has 3 nitrogen and oxygen atoms in total. The normalized spacial score (nSPS) is 30.3. The largest absolute Gasteiger partial charge is 0.271 e. The fraction of sp³-hybridized carbons (Fsp3) is 0.438. The van der Waals surface area contributed by atoms with Crippen molar-refractivity contribution in [3.05, 3.63) is 42.2 Å². The number of hydrogen-bond donors (Lipinski definition) is 2. The topological polar surface area (TPSA) is 50.9 Å². The third-order valence-corrected chi connectivity index (χ3v) is 5.09. The van der Waals surface area contributed by atoms with Gasteiger partial charge < -0.3 is 0 Å². The number of benzene rings is 1. The summed E-state index contributed by atoms with van der Waals surface area (Å²) in [4.78, 5) is 4.27. The number of hydrogen-bond acceptors (Lipinski definition) is 3. The highest BCUT2D eigenvalue weighted by molar-refractivity contribution is 5.85. The fourth-order valence-electron chi connectivity index (χ4n) is 4.19. The molecule has 1 heterocycles. The maximum absolute atomic E-state index is 5.87. The Bertz CT molecular complexity index is 594. The lowest BCUT2D eigenvalue weighted by molar-refractivity contribution is 0.427. The molecule has 0 saturated heterocycles. The number of nitrogens with two attached hydrogens (primary N) is 1. The minimum absolute atomic E-state index is 0.281. The van der Waals surface area contributed by atoms with Crippen molar-refractivity contribution in [3.63, 3.8) is 0 Å². The molecule has 2 aliphatic carbocycles. The number of nitrogens with one attached hydrogen (secondary N) is 1. The van der Waals surface area contributed by atoms with Crippen molar-refractivity contribution in [2.24, 2.45) is 23.6 Å². The van der Waals surface area contributed by atoms with Gasteiger partial charge in [0.1, 0.15) is 0 Å². The van der Waals surface area contributed by atoms with E-state index in [1.165, 1.54) is 35.6 Å². The molecule has 3 heteroatoms. The SMILES string of the molecule is NNC(c1cccc2ccncc12)C1C2CCCC21. The Morgan fingerprint density at radius 1 is 1.21 bits per heavy atom. The summed E-state index contributed by atoms with van der Waals surface area (Å²) >= 11 is 0. The van der Waals surface area contributed by atoms with E-state index in [1.54, 1.807) is 0 Å². The summed E-state index contributed by atoms with van der Waals surface area (Å²) in [6.45, 7) is 0. The van der Waals surface area contributed by atoms with Gasteiger partial charge in [0, 0.05) is 23.8 Å². The average Bonchev–Trinajstić information content (AvgIpc) is 2.93. The van der Waals surface area contributed by atoms with E-state index in [0.717, 1.165) is 17.8 Å². The summed E-state index contributed by atoms with van der Waals surface area (Å²) in [7, 11) is 0. The van der Waals surface area contributed by atoms with Crippen LogP contribution in [0, 0.1) is 17.8 Å². The number of hydrazine groups is 1. The summed E-state index contributed by atoms with van der Waals surface area (Å²) in [5, 5.41) is 2.48. The van der Waals surface area contributed by atoms with Gasteiger partial charge in [-0.15, -0.1) is 0 Å². The third kappa shape index (κ3) is 1.69. The van der Waals surface area contributed by atoms with Crippen LogP contribution in [0.2, 0.25) is 0 Å². The van der Waals surface area contributed by atoms with Crippen LogP contribution in [0.1, 0.15) is 30.9 Å². The lowest BCUT2D eigenvalue weighted by Crippen LogP contribution is -2.30. The molecular formula is C16H19N3. The molecule has 2 aliphatic rings. The first-order valence-corrected chi connectivity index (χ1v) is 7.19. The van der Waals surface area contributed by atoms with Crippen LogP contribution >= 0.6 is 0 Å². The molecule has 19 heavy (non-hydrogen) atoms. The predicted octanol–water partition coefficient (Wildman–Crippen LogP) is 2.79. The van der Waals surface area contributed by atoms with Crippen LogP contribution < -0.4 is 11.3 Å². The van der Waals surface area contributed by atoms with E-state index in [4.69, 9.17) is 5.84 Å².